The van der Waals surface area contributed by atoms with Crippen molar-refractivity contribution in [1.82, 2.24) is 9.88 Å². The molecule has 1 amide bonds. The number of aromatic nitrogens is 1. The summed E-state index contributed by atoms with van der Waals surface area (Å²) in [5.41, 5.74) is 1.22. The van der Waals surface area contributed by atoms with Crippen molar-refractivity contribution in [2.75, 3.05) is 6.54 Å². The Bertz CT molecular complexity index is 539. The molecular formula is C17H23FN2O. The number of nitrogens with zero attached hydrogens (tertiary/aromatic N) is 2. The highest BCUT2D eigenvalue weighted by Gasteiger charge is 2.57. The molecule has 1 saturated heterocycles. The highest BCUT2D eigenvalue weighted by atomic mass is 19.1. The maximum atomic E-state index is 13.1. The summed E-state index contributed by atoms with van der Waals surface area (Å²) in [4.78, 5) is 18.3. The highest BCUT2D eigenvalue weighted by molar-refractivity contribution is 5.78. The minimum Gasteiger partial charge on any atom is -0.338 e. The van der Waals surface area contributed by atoms with E-state index in [1.54, 1.807) is 6.20 Å². The Kier molecular flexibility index (Phi) is 3.72. The van der Waals surface area contributed by atoms with E-state index in [-0.39, 0.29) is 11.7 Å². The van der Waals surface area contributed by atoms with E-state index in [0.29, 0.717) is 30.2 Å². The summed E-state index contributed by atoms with van der Waals surface area (Å²) in [6.45, 7) is 5.34. The summed E-state index contributed by atoms with van der Waals surface area (Å²) < 4.78 is 13.1. The first-order valence-corrected chi connectivity index (χ1v) is 7.91. The maximum Gasteiger partial charge on any atom is 0.223 e. The van der Waals surface area contributed by atoms with Crippen LogP contribution in [0.3, 0.4) is 0 Å². The van der Waals surface area contributed by atoms with Gasteiger partial charge < -0.3 is 4.90 Å². The first-order chi connectivity index (χ1) is 10.0. The van der Waals surface area contributed by atoms with Gasteiger partial charge in [-0.15, -0.1) is 0 Å². The van der Waals surface area contributed by atoms with Crippen molar-refractivity contribution in [2.24, 2.45) is 11.3 Å². The van der Waals surface area contributed by atoms with Crippen LogP contribution in [-0.2, 0) is 11.2 Å². The van der Waals surface area contributed by atoms with E-state index in [4.69, 9.17) is 0 Å². The normalized spacial score (nSPS) is 23.0. The lowest BCUT2D eigenvalue weighted by molar-refractivity contribution is -0.174. The minimum absolute atomic E-state index is 0.204. The van der Waals surface area contributed by atoms with Gasteiger partial charge in [0.2, 0.25) is 5.91 Å². The first kappa shape index (κ1) is 14.5. The molecule has 21 heavy (non-hydrogen) atoms. The molecule has 0 N–H and O–H groups in total. The van der Waals surface area contributed by atoms with Crippen LogP contribution in [-0.4, -0.2) is 28.4 Å². The molecule has 1 aliphatic heterocycles. The van der Waals surface area contributed by atoms with Crippen LogP contribution in [0, 0.1) is 17.2 Å². The molecule has 0 aromatic carbocycles. The van der Waals surface area contributed by atoms with Crippen molar-refractivity contribution in [3.63, 3.8) is 0 Å². The summed E-state index contributed by atoms with van der Waals surface area (Å²) in [5.74, 6) is 0.381. The Morgan fingerprint density at radius 3 is 2.81 bits per heavy atom. The molecule has 0 radical (unpaired) electrons. The van der Waals surface area contributed by atoms with E-state index < -0.39 is 0 Å². The fraction of sp³-hybridized carbons (Fsp3) is 0.647. The van der Waals surface area contributed by atoms with E-state index in [2.05, 4.69) is 23.7 Å². The number of aryl methyl sites for hydroxylation is 1. The Hall–Kier alpha value is -1.45. The summed E-state index contributed by atoms with van der Waals surface area (Å²) in [6.07, 6.45) is 7.69. The molecule has 0 unspecified atom stereocenters. The molecule has 0 bridgehead atoms. The summed E-state index contributed by atoms with van der Waals surface area (Å²) in [6, 6.07) is 1.87. The Morgan fingerprint density at radius 2 is 2.24 bits per heavy atom. The number of pyridine rings is 1. The second kappa shape index (κ2) is 5.39. The molecule has 1 aromatic rings. The third-order valence-electron chi connectivity index (χ3n) is 5.14. The third kappa shape index (κ3) is 2.56. The maximum absolute atomic E-state index is 13.1. The van der Waals surface area contributed by atoms with Crippen molar-refractivity contribution in [3.05, 3.63) is 29.8 Å². The lowest BCUT2D eigenvalue weighted by Gasteiger charge is -2.64. The van der Waals surface area contributed by atoms with Gasteiger partial charge >= 0.3 is 0 Å². The minimum atomic E-state index is -0.336. The first-order valence-electron chi connectivity index (χ1n) is 7.91. The average molecular weight is 290 g/mol. The molecular weight excluding hydrogens is 267 g/mol. The van der Waals surface area contributed by atoms with Gasteiger partial charge in [-0.1, -0.05) is 20.3 Å². The number of likely N-dealkylation sites (tertiary alicyclic amines) is 1. The lowest BCUT2D eigenvalue weighted by atomic mass is 9.55. The predicted octanol–water partition coefficient (Wildman–Crippen LogP) is 3.19. The Labute approximate surface area is 125 Å². The van der Waals surface area contributed by atoms with Crippen molar-refractivity contribution < 1.29 is 9.18 Å². The molecule has 1 aromatic heterocycles. The molecule has 2 heterocycles. The van der Waals surface area contributed by atoms with Gasteiger partial charge in [-0.25, -0.2) is 4.39 Å². The van der Waals surface area contributed by atoms with Gasteiger partial charge in [0.05, 0.1) is 6.20 Å². The Balaban J connectivity index is 1.58. The molecule has 2 fully saturated rings. The zero-order valence-corrected chi connectivity index (χ0v) is 12.8. The van der Waals surface area contributed by atoms with Gasteiger partial charge in [0.25, 0.3) is 0 Å². The van der Waals surface area contributed by atoms with Gasteiger partial charge in [0.15, 0.2) is 0 Å². The van der Waals surface area contributed by atoms with Crippen LogP contribution < -0.4 is 0 Å². The van der Waals surface area contributed by atoms with Gasteiger partial charge in [-0.3, -0.25) is 9.78 Å². The van der Waals surface area contributed by atoms with E-state index in [1.807, 2.05) is 0 Å². The Morgan fingerprint density at radius 1 is 1.48 bits per heavy atom. The summed E-state index contributed by atoms with van der Waals surface area (Å²) in [7, 11) is 0. The molecule has 3 nitrogen and oxygen atoms in total. The van der Waals surface area contributed by atoms with E-state index in [1.165, 1.54) is 31.5 Å². The fourth-order valence-electron chi connectivity index (χ4n) is 4.13. The molecule has 1 atom stereocenters. The largest absolute Gasteiger partial charge is 0.338 e. The van der Waals surface area contributed by atoms with Crippen molar-refractivity contribution in [2.45, 2.75) is 52.0 Å². The van der Waals surface area contributed by atoms with Gasteiger partial charge in [0, 0.05) is 30.6 Å². The van der Waals surface area contributed by atoms with Gasteiger partial charge in [-0.05, 0) is 36.8 Å². The van der Waals surface area contributed by atoms with Gasteiger partial charge in [-0.2, -0.15) is 0 Å². The number of hydrogen-bond donors (Lipinski definition) is 0. The molecule has 2 aliphatic rings. The summed E-state index contributed by atoms with van der Waals surface area (Å²) >= 11 is 0. The van der Waals surface area contributed by atoms with E-state index in [9.17, 15) is 9.18 Å². The van der Waals surface area contributed by atoms with Crippen LogP contribution >= 0.6 is 0 Å². The monoisotopic (exact) mass is 290 g/mol. The number of rotatable bonds is 4. The lowest BCUT2D eigenvalue weighted by Crippen LogP contribution is -2.70. The number of hydrogen-bond acceptors (Lipinski definition) is 2. The average Bonchev–Trinajstić information content (AvgIpc) is 2.33. The van der Waals surface area contributed by atoms with Crippen molar-refractivity contribution in [1.29, 1.82) is 0 Å². The smallest absolute Gasteiger partial charge is 0.223 e. The van der Waals surface area contributed by atoms with Crippen molar-refractivity contribution >= 4 is 5.91 Å². The quantitative estimate of drug-likeness (QED) is 0.853. The van der Waals surface area contributed by atoms with E-state index >= 15 is 0 Å². The highest BCUT2D eigenvalue weighted by Crippen LogP contribution is 2.55. The number of carbonyl (C=O) groups excluding carboxylic acids is 1. The molecule has 3 rings (SSSR count). The fourth-order valence-corrected chi connectivity index (χ4v) is 4.13. The molecule has 1 saturated carbocycles. The second-order valence-corrected chi connectivity index (χ2v) is 6.94. The number of carbonyl (C=O) groups is 1. The topological polar surface area (TPSA) is 33.2 Å². The molecule has 1 aliphatic carbocycles. The SMILES string of the molecule is CC(C)[C@@H]1N(C(=O)CCc2cncc(F)c2)CC12CCC2. The van der Waals surface area contributed by atoms with Crippen LogP contribution in [0.25, 0.3) is 0 Å². The molecule has 4 heteroatoms. The standard InChI is InChI=1S/C17H23FN2O/c1-12(2)16-17(6-3-7-17)11-20(16)15(21)5-4-13-8-14(18)10-19-9-13/h8-10,12,16H,3-7,11H2,1-2H3/t16-/m0/s1. The van der Waals surface area contributed by atoms with E-state index in [0.717, 1.165) is 12.1 Å². The van der Waals surface area contributed by atoms with Crippen LogP contribution in [0.2, 0.25) is 0 Å². The van der Waals surface area contributed by atoms with Crippen LogP contribution in [0.5, 0.6) is 0 Å². The van der Waals surface area contributed by atoms with Crippen LogP contribution in [0.4, 0.5) is 4.39 Å². The van der Waals surface area contributed by atoms with Gasteiger partial charge in [0.1, 0.15) is 5.82 Å². The van der Waals surface area contributed by atoms with Crippen LogP contribution in [0.15, 0.2) is 18.5 Å². The molecule has 114 valence electrons. The zero-order valence-electron chi connectivity index (χ0n) is 12.8. The van der Waals surface area contributed by atoms with Crippen molar-refractivity contribution in [3.8, 4) is 0 Å². The third-order valence-corrected chi connectivity index (χ3v) is 5.14. The molecule has 1 spiro atoms. The summed E-state index contributed by atoms with van der Waals surface area (Å²) in [5, 5.41) is 0. The number of amides is 1. The number of halogens is 1. The zero-order chi connectivity index (χ0) is 15.0. The second-order valence-electron chi connectivity index (χ2n) is 6.94. The van der Waals surface area contributed by atoms with Crippen LogP contribution in [0.1, 0.15) is 45.1 Å². The predicted molar refractivity (Wildman–Crippen MR) is 79.1 cm³/mol.